The fourth-order valence-corrected chi connectivity index (χ4v) is 2.65. The molecule has 114 valence electrons. The summed E-state index contributed by atoms with van der Waals surface area (Å²) in [5.74, 6) is 0.564. The fourth-order valence-electron chi connectivity index (χ4n) is 2.65. The van der Waals surface area contributed by atoms with E-state index < -0.39 is 5.41 Å². The summed E-state index contributed by atoms with van der Waals surface area (Å²) in [6.45, 7) is 1.11. The second kappa shape index (κ2) is 5.09. The highest BCUT2D eigenvalue weighted by Crippen LogP contribution is 2.41. The maximum Gasteiger partial charge on any atom is 0.257 e. The van der Waals surface area contributed by atoms with Crippen molar-refractivity contribution in [1.82, 2.24) is 4.90 Å². The Morgan fingerprint density at radius 3 is 2.43 bits per heavy atom. The van der Waals surface area contributed by atoms with E-state index in [1.54, 1.807) is 17.0 Å². The molecule has 1 aromatic carbocycles. The average molecular weight is 294 g/mol. The molecule has 3 rings (SSSR count). The number of likely N-dealkylation sites (tertiary alicyclic amines) is 1. The van der Waals surface area contributed by atoms with Gasteiger partial charge in [-0.05, 0) is 12.1 Å². The van der Waals surface area contributed by atoms with Crippen LogP contribution in [0.1, 0.15) is 10.4 Å². The van der Waals surface area contributed by atoms with E-state index in [1.807, 2.05) is 0 Å². The van der Waals surface area contributed by atoms with Crippen molar-refractivity contribution in [3.63, 3.8) is 0 Å². The highest BCUT2D eigenvalue weighted by Gasteiger charge is 2.45. The lowest BCUT2D eigenvalue weighted by atomic mass is 9.81. The van der Waals surface area contributed by atoms with Crippen LogP contribution in [-0.4, -0.2) is 60.5 Å². The Balaban J connectivity index is 1.84. The van der Waals surface area contributed by atoms with E-state index in [2.05, 4.69) is 0 Å². The summed E-state index contributed by atoms with van der Waals surface area (Å²) >= 11 is 0. The van der Waals surface area contributed by atoms with Gasteiger partial charge in [-0.25, -0.2) is 0 Å². The predicted octanol–water partition coefficient (Wildman–Crippen LogP) is -0.533. The zero-order valence-corrected chi connectivity index (χ0v) is 11.5. The minimum absolute atomic E-state index is 0.146. The van der Waals surface area contributed by atoms with Gasteiger partial charge in [0.1, 0.15) is 13.2 Å². The third-order valence-corrected chi connectivity index (χ3v) is 3.96. The van der Waals surface area contributed by atoms with Crippen LogP contribution in [0.15, 0.2) is 12.1 Å². The summed E-state index contributed by atoms with van der Waals surface area (Å²) in [5, 5.41) is 18.6. The summed E-state index contributed by atoms with van der Waals surface area (Å²) in [6.07, 6.45) is 0. The molecule has 1 fully saturated rings. The van der Waals surface area contributed by atoms with Crippen LogP contribution in [0.5, 0.6) is 11.5 Å². The Morgan fingerprint density at radius 1 is 1.19 bits per heavy atom. The second-order valence-corrected chi connectivity index (χ2v) is 5.53. The van der Waals surface area contributed by atoms with E-state index in [0.717, 1.165) is 0 Å². The van der Waals surface area contributed by atoms with Crippen molar-refractivity contribution in [1.29, 1.82) is 0 Å². The number of amides is 1. The van der Waals surface area contributed by atoms with E-state index in [-0.39, 0.29) is 19.1 Å². The van der Waals surface area contributed by atoms with Gasteiger partial charge in [0.25, 0.3) is 5.91 Å². The number of nitrogen functional groups attached to an aromatic ring is 1. The summed E-state index contributed by atoms with van der Waals surface area (Å²) in [5.41, 5.74) is 6.05. The second-order valence-electron chi connectivity index (χ2n) is 5.53. The number of ether oxygens (including phenoxy) is 2. The summed E-state index contributed by atoms with van der Waals surface area (Å²) < 4.78 is 11.0. The molecule has 1 aromatic rings. The number of nitrogens with zero attached hydrogens (tertiary/aromatic N) is 1. The number of hydrogen-bond donors (Lipinski definition) is 3. The first-order valence-corrected chi connectivity index (χ1v) is 6.79. The van der Waals surface area contributed by atoms with Crippen LogP contribution in [0.2, 0.25) is 0 Å². The summed E-state index contributed by atoms with van der Waals surface area (Å²) in [7, 11) is 0. The molecule has 21 heavy (non-hydrogen) atoms. The maximum atomic E-state index is 12.5. The molecule has 2 aliphatic rings. The molecule has 2 aliphatic heterocycles. The maximum absolute atomic E-state index is 12.5. The topological polar surface area (TPSA) is 105 Å². The molecule has 0 unspecified atom stereocenters. The molecule has 0 saturated carbocycles. The molecule has 1 amide bonds. The van der Waals surface area contributed by atoms with Crippen LogP contribution in [0.25, 0.3) is 0 Å². The highest BCUT2D eigenvalue weighted by atomic mass is 16.6. The van der Waals surface area contributed by atoms with Gasteiger partial charge in [0.05, 0.1) is 29.9 Å². The minimum atomic E-state index is -0.596. The van der Waals surface area contributed by atoms with Gasteiger partial charge in [0, 0.05) is 13.1 Å². The molecule has 0 aromatic heterocycles. The molecule has 0 spiro atoms. The average Bonchev–Trinajstić information content (AvgIpc) is 2.48. The number of carbonyl (C=O) groups excluding carboxylic acids is 1. The van der Waals surface area contributed by atoms with Gasteiger partial charge in [0.15, 0.2) is 11.5 Å². The number of rotatable bonds is 3. The van der Waals surface area contributed by atoms with Crippen molar-refractivity contribution in [2.75, 3.05) is 45.3 Å². The van der Waals surface area contributed by atoms with Gasteiger partial charge in [-0.3, -0.25) is 4.79 Å². The Bertz CT molecular complexity index is 563. The summed E-state index contributed by atoms with van der Waals surface area (Å²) in [4.78, 5) is 14.1. The Morgan fingerprint density at radius 2 is 1.81 bits per heavy atom. The van der Waals surface area contributed by atoms with Gasteiger partial charge in [-0.15, -0.1) is 0 Å². The molecule has 0 aliphatic carbocycles. The lowest BCUT2D eigenvalue weighted by Gasteiger charge is -2.48. The number of hydrogen-bond acceptors (Lipinski definition) is 6. The number of carbonyl (C=O) groups is 1. The lowest BCUT2D eigenvalue weighted by Crippen LogP contribution is -2.62. The molecule has 0 bridgehead atoms. The zero-order chi connectivity index (χ0) is 15.0. The monoisotopic (exact) mass is 294 g/mol. The lowest BCUT2D eigenvalue weighted by molar-refractivity contribution is -0.0590. The van der Waals surface area contributed by atoms with E-state index in [1.165, 1.54) is 0 Å². The van der Waals surface area contributed by atoms with E-state index in [4.69, 9.17) is 15.2 Å². The number of nitrogens with two attached hydrogens (primary N) is 1. The first-order chi connectivity index (χ1) is 10.1. The Kier molecular flexibility index (Phi) is 3.38. The van der Waals surface area contributed by atoms with Crippen LogP contribution in [0.3, 0.4) is 0 Å². The van der Waals surface area contributed by atoms with Crippen molar-refractivity contribution in [3.05, 3.63) is 17.7 Å². The molecular formula is C14H18N2O5. The molecule has 7 nitrogen and oxygen atoms in total. The molecule has 7 heteroatoms. The number of aliphatic hydroxyl groups is 2. The predicted molar refractivity (Wildman–Crippen MR) is 74.4 cm³/mol. The van der Waals surface area contributed by atoms with Gasteiger partial charge >= 0.3 is 0 Å². The van der Waals surface area contributed by atoms with Crippen LogP contribution in [-0.2, 0) is 0 Å². The SMILES string of the molecule is Nc1ccc(C(=O)N2CC(CO)(CO)C2)c2c1OCCO2. The van der Waals surface area contributed by atoms with Crippen molar-refractivity contribution in [3.8, 4) is 11.5 Å². The van der Waals surface area contributed by atoms with Gasteiger partial charge in [0.2, 0.25) is 0 Å². The first-order valence-electron chi connectivity index (χ1n) is 6.79. The van der Waals surface area contributed by atoms with Crippen molar-refractivity contribution in [2.45, 2.75) is 0 Å². The minimum Gasteiger partial charge on any atom is -0.485 e. The Hall–Kier alpha value is -1.99. The number of aliphatic hydroxyl groups excluding tert-OH is 2. The molecule has 0 radical (unpaired) electrons. The molecule has 4 N–H and O–H groups in total. The molecule has 1 saturated heterocycles. The Labute approximate surface area is 121 Å². The smallest absolute Gasteiger partial charge is 0.257 e. The largest absolute Gasteiger partial charge is 0.485 e. The number of benzene rings is 1. The standard InChI is InChI=1S/C14H18N2O5/c15-10-2-1-9(11-12(10)21-4-3-20-11)13(19)16-5-14(6-16,7-17)8-18/h1-2,17-18H,3-8,15H2. The van der Waals surface area contributed by atoms with Gasteiger partial charge < -0.3 is 30.3 Å². The van der Waals surface area contributed by atoms with E-state index in [0.29, 0.717) is 49.1 Å². The summed E-state index contributed by atoms with van der Waals surface area (Å²) in [6, 6.07) is 3.23. The molecule has 2 heterocycles. The van der Waals surface area contributed by atoms with Gasteiger partial charge in [-0.1, -0.05) is 0 Å². The van der Waals surface area contributed by atoms with Crippen LogP contribution >= 0.6 is 0 Å². The third kappa shape index (κ3) is 2.18. The van der Waals surface area contributed by atoms with Gasteiger partial charge in [-0.2, -0.15) is 0 Å². The van der Waals surface area contributed by atoms with Crippen LogP contribution in [0.4, 0.5) is 5.69 Å². The van der Waals surface area contributed by atoms with Crippen molar-refractivity contribution >= 4 is 11.6 Å². The number of fused-ring (bicyclic) bond motifs is 1. The van der Waals surface area contributed by atoms with E-state index >= 15 is 0 Å². The van der Waals surface area contributed by atoms with E-state index in [9.17, 15) is 15.0 Å². The normalized spacial score (nSPS) is 19.0. The quantitative estimate of drug-likeness (QED) is 0.647. The number of anilines is 1. The van der Waals surface area contributed by atoms with Crippen LogP contribution < -0.4 is 15.2 Å². The highest BCUT2D eigenvalue weighted by molar-refractivity contribution is 5.99. The first kappa shape index (κ1) is 14.0. The molecule has 0 atom stereocenters. The van der Waals surface area contributed by atoms with Crippen LogP contribution in [0, 0.1) is 5.41 Å². The molecular weight excluding hydrogens is 276 g/mol. The van der Waals surface area contributed by atoms with Crippen molar-refractivity contribution in [2.24, 2.45) is 5.41 Å². The fraction of sp³-hybridized carbons (Fsp3) is 0.500. The zero-order valence-electron chi connectivity index (χ0n) is 11.5. The third-order valence-electron chi connectivity index (χ3n) is 3.96. The van der Waals surface area contributed by atoms with Crippen molar-refractivity contribution < 1.29 is 24.5 Å².